The number of hydrogen-bond donors (Lipinski definition) is 0. The number of esters is 1. The van der Waals surface area contributed by atoms with E-state index in [9.17, 15) is 9.59 Å². The predicted octanol–water partition coefficient (Wildman–Crippen LogP) is 3.08. The van der Waals surface area contributed by atoms with Crippen LogP contribution in [0.4, 0.5) is 0 Å². The highest BCUT2D eigenvalue weighted by Crippen LogP contribution is 2.27. The van der Waals surface area contributed by atoms with Gasteiger partial charge < -0.3 is 4.74 Å². The van der Waals surface area contributed by atoms with Crippen molar-refractivity contribution in [3.63, 3.8) is 0 Å². The second kappa shape index (κ2) is 6.03. The van der Waals surface area contributed by atoms with Crippen LogP contribution in [0.25, 0.3) is 0 Å². The maximum absolute atomic E-state index is 11.5. The van der Waals surface area contributed by atoms with Crippen molar-refractivity contribution in [1.82, 2.24) is 0 Å². The summed E-state index contributed by atoms with van der Waals surface area (Å²) >= 11 is 11.7. The third-order valence-corrected chi connectivity index (χ3v) is 3.16. The zero-order valence-electron chi connectivity index (χ0n) is 9.50. The molecule has 1 aromatic rings. The summed E-state index contributed by atoms with van der Waals surface area (Å²) in [4.78, 5) is 22.8. The summed E-state index contributed by atoms with van der Waals surface area (Å²) < 4.78 is 4.64. The molecule has 0 spiro atoms. The molecule has 0 heterocycles. The molecule has 3 nitrogen and oxygen atoms in total. The van der Waals surface area contributed by atoms with E-state index in [-0.39, 0.29) is 17.2 Å². The number of methoxy groups -OCH3 is 1. The number of ether oxygens (including phenoxy) is 1. The van der Waals surface area contributed by atoms with Gasteiger partial charge in [-0.3, -0.25) is 4.79 Å². The molecule has 0 radical (unpaired) electrons. The van der Waals surface area contributed by atoms with Crippen LogP contribution >= 0.6 is 23.2 Å². The topological polar surface area (TPSA) is 43.4 Å². The molecular formula is C12H12Cl2O3. The van der Waals surface area contributed by atoms with Crippen molar-refractivity contribution in [1.29, 1.82) is 0 Å². The van der Waals surface area contributed by atoms with Crippen molar-refractivity contribution in [3.8, 4) is 0 Å². The van der Waals surface area contributed by atoms with Gasteiger partial charge in [0.25, 0.3) is 0 Å². The van der Waals surface area contributed by atoms with Crippen molar-refractivity contribution >= 4 is 35.0 Å². The van der Waals surface area contributed by atoms with Gasteiger partial charge in [-0.2, -0.15) is 0 Å². The molecule has 0 aromatic heterocycles. The minimum absolute atomic E-state index is 0.233. The number of halogens is 2. The standard InChI is InChI=1S/C12H12Cl2O3/c1-7(15)11(14)10-5-8(6-13)3-4-9(10)12(16)17-2/h3-5,11H,6H2,1-2H3. The fraction of sp³-hybridized carbons (Fsp3) is 0.333. The lowest BCUT2D eigenvalue weighted by Gasteiger charge is -2.12. The Kier molecular flexibility index (Phi) is 4.97. The molecule has 17 heavy (non-hydrogen) atoms. The highest BCUT2D eigenvalue weighted by molar-refractivity contribution is 6.31. The number of rotatable bonds is 4. The third-order valence-electron chi connectivity index (χ3n) is 2.31. The number of benzene rings is 1. The first kappa shape index (κ1) is 14.0. The number of alkyl halides is 2. The van der Waals surface area contributed by atoms with Gasteiger partial charge in [0.1, 0.15) is 5.38 Å². The summed E-state index contributed by atoms with van der Waals surface area (Å²) in [6.45, 7) is 1.37. The quantitative estimate of drug-likeness (QED) is 0.626. The monoisotopic (exact) mass is 274 g/mol. The Balaban J connectivity index is 3.30. The Morgan fingerprint density at radius 1 is 1.41 bits per heavy atom. The molecule has 0 saturated heterocycles. The van der Waals surface area contributed by atoms with Gasteiger partial charge in [-0.25, -0.2) is 4.79 Å². The Hall–Kier alpha value is -1.06. The summed E-state index contributed by atoms with van der Waals surface area (Å²) in [5.74, 6) is -0.466. The zero-order chi connectivity index (χ0) is 13.0. The summed E-state index contributed by atoms with van der Waals surface area (Å²) in [7, 11) is 1.28. The Labute approximate surface area is 110 Å². The number of ketones is 1. The zero-order valence-corrected chi connectivity index (χ0v) is 11.0. The van der Waals surface area contributed by atoms with Crippen LogP contribution in [0.1, 0.15) is 33.8 Å². The lowest BCUT2D eigenvalue weighted by molar-refractivity contribution is -0.116. The second-order valence-corrected chi connectivity index (χ2v) is 4.22. The first-order valence-electron chi connectivity index (χ1n) is 4.93. The molecule has 1 aromatic carbocycles. The van der Waals surface area contributed by atoms with Crippen LogP contribution in [0.3, 0.4) is 0 Å². The molecule has 0 amide bonds. The van der Waals surface area contributed by atoms with Crippen LogP contribution < -0.4 is 0 Å². The maximum Gasteiger partial charge on any atom is 0.338 e. The van der Waals surface area contributed by atoms with E-state index in [0.717, 1.165) is 5.56 Å². The van der Waals surface area contributed by atoms with Gasteiger partial charge in [0.2, 0.25) is 0 Å². The average molecular weight is 275 g/mol. The first-order valence-corrected chi connectivity index (χ1v) is 5.90. The minimum Gasteiger partial charge on any atom is -0.465 e. The number of hydrogen-bond acceptors (Lipinski definition) is 3. The van der Waals surface area contributed by atoms with Crippen LogP contribution in [-0.2, 0) is 15.4 Å². The van der Waals surface area contributed by atoms with Crippen LogP contribution in [0.5, 0.6) is 0 Å². The van der Waals surface area contributed by atoms with Crippen molar-refractivity contribution < 1.29 is 14.3 Å². The molecule has 0 N–H and O–H groups in total. The summed E-state index contributed by atoms with van der Waals surface area (Å²) in [6.07, 6.45) is 0. The van der Waals surface area contributed by atoms with E-state index in [1.165, 1.54) is 14.0 Å². The largest absolute Gasteiger partial charge is 0.465 e. The van der Waals surface area contributed by atoms with E-state index in [1.54, 1.807) is 18.2 Å². The molecule has 0 bridgehead atoms. The molecule has 5 heteroatoms. The molecule has 0 aliphatic carbocycles. The van der Waals surface area contributed by atoms with E-state index < -0.39 is 11.3 Å². The fourth-order valence-corrected chi connectivity index (χ4v) is 1.77. The van der Waals surface area contributed by atoms with Gasteiger partial charge in [0.15, 0.2) is 5.78 Å². The number of carbonyl (C=O) groups excluding carboxylic acids is 2. The lowest BCUT2D eigenvalue weighted by atomic mass is 10.00. The fourth-order valence-electron chi connectivity index (χ4n) is 1.42. The molecule has 1 rings (SSSR count). The van der Waals surface area contributed by atoms with Gasteiger partial charge >= 0.3 is 5.97 Å². The summed E-state index contributed by atoms with van der Waals surface area (Å²) in [5.41, 5.74) is 1.52. The van der Waals surface area contributed by atoms with Gasteiger partial charge in [-0.05, 0) is 24.1 Å². The highest BCUT2D eigenvalue weighted by Gasteiger charge is 2.21. The molecule has 0 saturated carbocycles. The van der Waals surface area contributed by atoms with Crippen molar-refractivity contribution in [2.24, 2.45) is 0 Å². The van der Waals surface area contributed by atoms with Gasteiger partial charge in [0.05, 0.1) is 12.7 Å². The van der Waals surface area contributed by atoms with Gasteiger partial charge in [0, 0.05) is 5.88 Å². The van der Waals surface area contributed by atoms with Crippen LogP contribution in [-0.4, -0.2) is 18.9 Å². The van der Waals surface area contributed by atoms with Gasteiger partial charge in [-0.1, -0.05) is 12.1 Å². The van der Waals surface area contributed by atoms with Crippen molar-refractivity contribution in [2.75, 3.05) is 7.11 Å². The van der Waals surface area contributed by atoms with Crippen LogP contribution in [0, 0.1) is 0 Å². The maximum atomic E-state index is 11.5. The smallest absolute Gasteiger partial charge is 0.338 e. The van der Waals surface area contributed by atoms with Crippen molar-refractivity contribution in [3.05, 3.63) is 34.9 Å². The van der Waals surface area contributed by atoms with Crippen molar-refractivity contribution in [2.45, 2.75) is 18.2 Å². The molecular weight excluding hydrogens is 263 g/mol. The molecule has 0 aliphatic heterocycles. The molecule has 0 fully saturated rings. The third kappa shape index (κ3) is 3.20. The summed E-state index contributed by atoms with van der Waals surface area (Å²) in [6, 6.07) is 4.92. The van der Waals surface area contributed by atoms with E-state index in [0.29, 0.717) is 5.56 Å². The Morgan fingerprint density at radius 2 is 2.06 bits per heavy atom. The van der Waals surface area contributed by atoms with E-state index >= 15 is 0 Å². The lowest BCUT2D eigenvalue weighted by Crippen LogP contribution is -2.11. The van der Waals surface area contributed by atoms with Crippen LogP contribution in [0.15, 0.2) is 18.2 Å². The highest BCUT2D eigenvalue weighted by atomic mass is 35.5. The first-order chi connectivity index (χ1) is 8.01. The summed E-state index contributed by atoms with van der Waals surface area (Å²) in [5, 5.41) is -0.868. The average Bonchev–Trinajstić information content (AvgIpc) is 2.35. The predicted molar refractivity (Wildman–Crippen MR) is 66.6 cm³/mol. The molecule has 1 atom stereocenters. The van der Waals surface area contributed by atoms with E-state index in [1.807, 2.05) is 0 Å². The number of Topliss-reactive ketones (excluding diaryl/α,β-unsaturated/α-hetero) is 1. The van der Waals surface area contributed by atoms with Gasteiger partial charge in [-0.15, -0.1) is 23.2 Å². The SMILES string of the molecule is COC(=O)c1ccc(CCl)cc1C(Cl)C(C)=O. The Morgan fingerprint density at radius 3 is 2.53 bits per heavy atom. The Bertz CT molecular complexity index is 443. The molecule has 92 valence electrons. The number of carbonyl (C=O) groups is 2. The molecule has 0 aliphatic rings. The van der Waals surface area contributed by atoms with E-state index in [4.69, 9.17) is 23.2 Å². The van der Waals surface area contributed by atoms with Crippen LogP contribution in [0.2, 0.25) is 0 Å². The normalized spacial score (nSPS) is 12.0. The second-order valence-electron chi connectivity index (χ2n) is 3.52. The minimum atomic E-state index is -0.868. The van der Waals surface area contributed by atoms with E-state index in [2.05, 4.69) is 4.74 Å². The molecule has 1 unspecified atom stereocenters.